The summed E-state index contributed by atoms with van der Waals surface area (Å²) in [5.41, 5.74) is -2.59. The highest BCUT2D eigenvalue weighted by Gasteiger charge is 2.46. The molecule has 0 aromatic carbocycles. The van der Waals surface area contributed by atoms with Crippen LogP contribution in [-0.2, 0) is 4.74 Å². The molecule has 1 aromatic heterocycles. The number of halogens is 2. The van der Waals surface area contributed by atoms with Crippen LogP contribution in [0, 0.1) is 11.7 Å². The van der Waals surface area contributed by atoms with E-state index in [9.17, 15) is 19.1 Å². The van der Waals surface area contributed by atoms with Crippen LogP contribution in [0.2, 0.25) is 0 Å². The number of nitrogens with zero attached hydrogens (tertiary/aromatic N) is 1. The summed E-state index contributed by atoms with van der Waals surface area (Å²) in [6, 6.07) is 0. The van der Waals surface area contributed by atoms with Gasteiger partial charge in [0.25, 0.3) is 5.56 Å². The number of H-pyrrole nitrogens is 1. The fraction of sp³-hybridized carbons (Fsp3) is 0.636. The summed E-state index contributed by atoms with van der Waals surface area (Å²) in [6.07, 6.45) is 0.566. The van der Waals surface area contributed by atoms with Gasteiger partial charge in [0.1, 0.15) is 11.8 Å². The zero-order chi connectivity index (χ0) is 14.2. The van der Waals surface area contributed by atoms with E-state index in [1.54, 1.807) is 0 Å². The highest BCUT2D eigenvalue weighted by molar-refractivity contribution is 9.09. The lowest BCUT2D eigenvalue weighted by molar-refractivity contribution is -0.0955. The second-order valence-corrected chi connectivity index (χ2v) is 5.27. The van der Waals surface area contributed by atoms with Gasteiger partial charge in [0, 0.05) is 5.33 Å². The van der Waals surface area contributed by atoms with Gasteiger partial charge in [-0.2, -0.15) is 4.39 Å². The van der Waals surface area contributed by atoms with Crippen molar-refractivity contribution in [2.45, 2.75) is 25.2 Å². The molecule has 1 saturated heterocycles. The van der Waals surface area contributed by atoms with Gasteiger partial charge in [-0.3, -0.25) is 14.3 Å². The van der Waals surface area contributed by atoms with E-state index in [0.717, 1.165) is 10.8 Å². The van der Waals surface area contributed by atoms with Gasteiger partial charge >= 0.3 is 5.69 Å². The molecule has 8 heteroatoms. The lowest BCUT2D eigenvalue weighted by Crippen LogP contribution is -2.41. The van der Waals surface area contributed by atoms with Crippen LogP contribution in [0.15, 0.2) is 15.8 Å². The molecular weight excluding hydrogens is 323 g/mol. The highest BCUT2D eigenvalue weighted by Crippen LogP contribution is 2.41. The van der Waals surface area contributed by atoms with Crippen LogP contribution in [0.4, 0.5) is 4.39 Å². The van der Waals surface area contributed by atoms with E-state index < -0.39 is 28.9 Å². The molecule has 19 heavy (non-hydrogen) atoms. The minimum atomic E-state index is -1.05. The molecule has 1 aromatic rings. The van der Waals surface area contributed by atoms with Gasteiger partial charge in [0.2, 0.25) is 5.82 Å². The molecule has 0 amide bonds. The Bertz CT molecular complexity index is 581. The summed E-state index contributed by atoms with van der Waals surface area (Å²) in [5.74, 6) is -1.07. The number of alkyl halides is 1. The van der Waals surface area contributed by atoms with E-state index >= 15 is 0 Å². The van der Waals surface area contributed by atoms with E-state index in [1.165, 1.54) is 0 Å². The monoisotopic (exact) mass is 336 g/mol. The summed E-state index contributed by atoms with van der Waals surface area (Å²) in [4.78, 5) is 24.5. The van der Waals surface area contributed by atoms with Crippen LogP contribution in [-0.4, -0.2) is 32.2 Å². The quantitative estimate of drug-likeness (QED) is 0.780. The molecule has 0 aliphatic carbocycles. The number of hydrogen-bond acceptors (Lipinski definition) is 4. The Morgan fingerprint density at radius 1 is 1.68 bits per heavy atom. The Morgan fingerprint density at radius 2 is 2.37 bits per heavy atom. The fourth-order valence-corrected chi connectivity index (χ4v) is 3.06. The number of aromatic amines is 1. The van der Waals surface area contributed by atoms with Crippen LogP contribution in [0.25, 0.3) is 0 Å². The zero-order valence-electron chi connectivity index (χ0n) is 10.2. The Hall–Kier alpha value is -0.990. The van der Waals surface area contributed by atoms with E-state index in [-0.39, 0.29) is 12.5 Å². The minimum absolute atomic E-state index is 0.0243. The summed E-state index contributed by atoms with van der Waals surface area (Å²) in [5, 5.41) is 9.84. The summed E-state index contributed by atoms with van der Waals surface area (Å²) in [7, 11) is 0. The van der Waals surface area contributed by atoms with Crippen LogP contribution < -0.4 is 11.2 Å². The molecule has 1 fully saturated rings. The van der Waals surface area contributed by atoms with Crippen molar-refractivity contribution in [2.24, 2.45) is 5.92 Å². The molecule has 0 spiro atoms. The molecular formula is C11H14BrFN2O4. The Morgan fingerprint density at radius 3 is 2.89 bits per heavy atom. The van der Waals surface area contributed by atoms with Crippen molar-refractivity contribution >= 4 is 15.9 Å². The van der Waals surface area contributed by atoms with Crippen molar-refractivity contribution in [3.63, 3.8) is 0 Å². The zero-order valence-corrected chi connectivity index (χ0v) is 11.8. The molecule has 2 rings (SSSR count). The molecule has 3 atom stereocenters. The number of aliphatic hydroxyl groups excluding tert-OH is 1. The Balaban J connectivity index is 2.38. The summed E-state index contributed by atoms with van der Waals surface area (Å²) < 4.78 is 20.0. The number of ether oxygens (including phenoxy) is 1. The highest BCUT2D eigenvalue weighted by atomic mass is 79.9. The van der Waals surface area contributed by atoms with Crippen LogP contribution in [0.3, 0.4) is 0 Å². The molecule has 2 N–H and O–H groups in total. The fourth-order valence-electron chi connectivity index (χ4n) is 2.20. The van der Waals surface area contributed by atoms with Crippen molar-refractivity contribution < 1.29 is 14.2 Å². The predicted molar refractivity (Wildman–Crippen MR) is 68.8 cm³/mol. The number of aromatic nitrogens is 2. The molecule has 0 bridgehead atoms. The van der Waals surface area contributed by atoms with Gasteiger partial charge < -0.3 is 9.84 Å². The maximum atomic E-state index is 13.2. The van der Waals surface area contributed by atoms with Crippen molar-refractivity contribution in [1.82, 2.24) is 9.55 Å². The largest absolute Gasteiger partial charge is 0.393 e. The smallest absolute Gasteiger partial charge is 0.330 e. The van der Waals surface area contributed by atoms with Crippen LogP contribution in [0.5, 0.6) is 0 Å². The van der Waals surface area contributed by atoms with Gasteiger partial charge in [-0.25, -0.2) is 4.79 Å². The molecule has 1 aliphatic heterocycles. The third-order valence-corrected chi connectivity index (χ3v) is 4.50. The van der Waals surface area contributed by atoms with E-state index in [2.05, 4.69) is 15.9 Å². The van der Waals surface area contributed by atoms with Gasteiger partial charge in [0.15, 0.2) is 0 Å². The lowest BCUT2D eigenvalue weighted by atomic mass is 9.91. The Kier molecular flexibility index (Phi) is 3.93. The predicted octanol–water partition coefficient (Wildman–Crippen LogP) is 0.357. The van der Waals surface area contributed by atoms with Crippen LogP contribution >= 0.6 is 15.9 Å². The van der Waals surface area contributed by atoms with Gasteiger partial charge in [-0.15, -0.1) is 0 Å². The number of rotatable bonds is 3. The van der Waals surface area contributed by atoms with Crippen molar-refractivity contribution in [3.8, 4) is 0 Å². The van der Waals surface area contributed by atoms with Crippen molar-refractivity contribution in [1.29, 1.82) is 0 Å². The first-order valence-corrected chi connectivity index (χ1v) is 6.91. The maximum Gasteiger partial charge on any atom is 0.330 e. The molecule has 0 unspecified atom stereocenters. The van der Waals surface area contributed by atoms with Gasteiger partial charge in [-0.05, 0) is 12.3 Å². The first kappa shape index (κ1) is 14.4. The standard InChI is InChI=1S/C11H14BrFN2O4/c1-6-2-8(19-11(6,4-12)5-16)15-3-7(13)9(17)14-10(15)18/h3,6,8,16H,2,4-5H2,1H3,(H,14,17,18)/t6-,8+,11+/m0/s1. The molecule has 0 saturated carbocycles. The third kappa shape index (κ3) is 2.39. The maximum absolute atomic E-state index is 13.2. The lowest BCUT2D eigenvalue weighted by Gasteiger charge is -2.28. The van der Waals surface area contributed by atoms with Crippen LogP contribution in [0.1, 0.15) is 19.6 Å². The minimum Gasteiger partial charge on any atom is -0.393 e. The Labute approximate surface area is 116 Å². The van der Waals surface area contributed by atoms with Crippen molar-refractivity contribution in [2.75, 3.05) is 11.9 Å². The van der Waals surface area contributed by atoms with Crippen molar-refractivity contribution in [3.05, 3.63) is 32.9 Å². The second-order valence-electron chi connectivity index (χ2n) is 4.71. The SMILES string of the molecule is C[C@H]1C[C@H](n2cc(F)c(=O)[nH]c2=O)O[C@@]1(CO)CBr. The van der Waals surface area contributed by atoms with E-state index in [0.29, 0.717) is 11.8 Å². The average Bonchev–Trinajstić information content (AvgIpc) is 2.71. The number of hydrogen-bond donors (Lipinski definition) is 2. The third-order valence-electron chi connectivity index (χ3n) is 3.55. The normalized spacial score (nSPS) is 30.7. The number of nitrogens with one attached hydrogen (secondary N) is 1. The second kappa shape index (κ2) is 5.18. The first-order valence-electron chi connectivity index (χ1n) is 5.79. The summed E-state index contributed by atoms with van der Waals surface area (Å²) >= 11 is 3.27. The topological polar surface area (TPSA) is 84.3 Å². The molecule has 6 nitrogen and oxygen atoms in total. The van der Waals surface area contributed by atoms with Gasteiger partial charge in [-0.1, -0.05) is 22.9 Å². The average molecular weight is 337 g/mol. The molecule has 0 radical (unpaired) electrons. The van der Waals surface area contributed by atoms with E-state index in [4.69, 9.17) is 4.74 Å². The first-order chi connectivity index (χ1) is 8.93. The molecule has 1 aliphatic rings. The molecule has 2 heterocycles. The van der Waals surface area contributed by atoms with Gasteiger partial charge in [0.05, 0.1) is 12.8 Å². The molecule has 106 valence electrons. The summed E-state index contributed by atoms with van der Waals surface area (Å²) in [6.45, 7) is 1.67. The number of aliphatic hydroxyl groups is 1. The van der Waals surface area contributed by atoms with E-state index in [1.807, 2.05) is 11.9 Å².